The van der Waals surface area contributed by atoms with Gasteiger partial charge in [-0.2, -0.15) is 0 Å². The number of carboxylic acids is 1. The fourth-order valence-corrected chi connectivity index (χ4v) is 5.06. The van der Waals surface area contributed by atoms with Gasteiger partial charge in [-0.15, -0.1) is 0 Å². The van der Waals surface area contributed by atoms with Crippen molar-refractivity contribution in [2.75, 3.05) is 25.1 Å². The summed E-state index contributed by atoms with van der Waals surface area (Å²) in [6.45, 7) is 0.930. The third-order valence-electron chi connectivity index (χ3n) is 6.81. The van der Waals surface area contributed by atoms with Crippen molar-refractivity contribution < 1.29 is 23.4 Å². The number of methoxy groups -OCH3 is 1. The molecule has 1 aliphatic heterocycles. The van der Waals surface area contributed by atoms with Crippen LogP contribution in [0.25, 0.3) is 10.9 Å². The molecule has 3 N–H and O–H groups in total. The fraction of sp³-hybridized carbons (Fsp3) is 0.455. The summed E-state index contributed by atoms with van der Waals surface area (Å²) in [5, 5.41) is 9.29. The lowest BCUT2D eigenvalue weighted by atomic mass is 9.79. The van der Waals surface area contributed by atoms with E-state index < -0.39 is 40.5 Å². The number of aromatic carboxylic acids is 1. The molecule has 9 heteroatoms. The highest BCUT2D eigenvalue weighted by Crippen LogP contribution is 2.47. The molecule has 0 bridgehead atoms. The average Bonchev–Trinajstić information content (AvgIpc) is 3.33. The lowest BCUT2D eigenvalue weighted by Crippen LogP contribution is -2.48. The summed E-state index contributed by atoms with van der Waals surface area (Å²) in [5.74, 6) is -1.90. The minimum Gasteiger partial charge on any atom is -0.492 e. The fourth-order valence-electron chi connectivity index (χ4n) is 5.06. The first-order valence-electron chi connectivity index (χ1n) is 10.3. The predicted octanol–water partition coefficient (Wildman–Crippen LogP) is 2.61. The number of carboxylic acid groups (broad SMARTS) is 1. The van der Waals surface area contributed by atoms with Gasteiger partial charge < -0.3 is 25.0 Å². The maximum absolute atomic E-state index is 15.4. The van der Waals surface area contributed by atoms with Crippen molar-refractivity contribution >= 4 is 22.6 Å². The molecular weight excluding hydrogens is 408 g/mol. The zero-order chi connectivity index (χ0) is 22.1. The van der Waals surface area contributed by atoms with Crippen molar-refractivity contribution in [3.05, 3.63) is 46.0 Å². The van der Waals surface area contributed by atoms with Crippen LogP contribution in [0, 0.1) is 11.7 Å². The minimum absolute atomic E-state index is 0.0957. The molecule has 2 aromatic rings. The van der Waals surface area contributed by atoms with Crippen LogP contribution in [-0.4, -0.2) is 47.6 Å². The Kier molecular flexibility index (Phi) is 4.37. The molecule has 1 aromatic heterocycles. The molecule has 0 amide bonds. The van der Waals surface area contributed by atoms with Gasteiger partial charge in [-0.25, -0.2) is 13.6 Å². The molecule has 2 fully saturated rings. The standard InChI is InChI=1S/C22H23F2N3O4/c1-31-20-17-12(19(28)13(21(29)30)9-27(17)16-7-14(16)23)6-15(24)18(20)26-8-11-4-2-3-5-22(11,25)10-26/h2-3,6,9,11,14,16H,4-5,7-8,10,25H2,1H3,(H,29,30)/t11?,14?,16?,22-/m1/s1. The molecule has 1 aromatic carbocycles. The topological polar surface area (TPSA) is 97.8 Å². The molecule has 2 heterocycles. The lowest BCUT2D eigenvalue weighted by molar-refractivity contribution is 0.0694. The number of halogens is 2. The van der Waals surface area contributed by atoms with Gasteiger partial charge in [0.25, 0.3) is 0 Å². The van der Waals surface area contributed by atoms with Gasteiger partial charge in [-0.1, -0.05) is 12.2 Å². The Morgan fingerprint density at radius 2 is 2.13 bits per heavy atom. The number of hydrogen-bond donors (Lipinski definition) is 2. The zero-order valence-electron chi connectivity index (χ0n) is 17.0. The molecule has 164 valence electrons. The van der Waals surface area contributed by atoms with E-state index in [0.29, 0.717) is 19.5 Å². The molecule has 5 rings (SSSR count). The Hall–Kier alpha value is -2.94. The molecule has 2 aliphatic carbocycles. The van der Waals surface area contributed by atoms with Crippen LogP contribution < -0.4 is 20.8 Å². The van der Waals surface area contributed by atoms with Crippen LogP contribution in [-0.2, 0) is 0 Å². The van der Waals surface area contributed by atoms with E-state index in [1.54, 1.807) is 0 Å². The Bertz CT molecular complexity index is 1190. The molecule has 0 radical (unpaired) electrons. The first-order valence-corrected chi connectivity index (χ1v) is 10.3. The summed E-state index contributed by atoms with van der Waals surface area (Å²) < 4.78 is 36.4. The molecule has 4 atom stereocenters. The number of rotatable bonds is 4. The van der Waals surface area contributed by atoms with E-state index in [4.69, 9.17) is 10.5 Å². The monoisotopic (exact) mass is 431 g/mol. The third kappa shape index (κ3) is 2.94. The van der Waals surface area contributed by atoms with Gasteiger partial charge in [0.1, 0.15) is 17.4 Å². The van der Waals surface area contributed by atoms with E-state index in [9.17, 15) is 19.1 Å². The number of pyridine rings is 1. The van der Waals surface area contributed by atoms with Crippen molar-refractivity contribution in [1.29, 1.82) is 0 Å². The maximum Gasteiger partial charge on any atom is 0.341 e. The average molecular weight is 431 g/mol. The normalized spacial score (nSPS) is 29.3. The summed E-state index contributed by atoms with van der Waals surface area (Å²) in [6.07, 6.45) is 5.75. The first-order chi connectivity index (χ1) is 14.7. The van der Waals surface area contributed by atoms with E-state index in [1.165, 1.54) is 11.7 Å². The Morgan fingerprint density at radius 3 is 2.74 bits per heavy atom. The molecule has 0 spiro atoms. The zero-order valence-corrected chi connectivity index (χ0v) is 17.0. The number of aromatic nitrogens is 1. The largest absolute Gasteiger partial charge is 0.492 e. The number of anilines is 1. The van der Waals surface area contributed by atoms with Crippen LogP contribution in [0.5, 0.6) is 5.75 Å². The quantitative estimate of drug-likeness (QED) is 0.723. The van der Waals surface area contributed by atoms with E-state index in [0.717, 1.165) is 18.7 Å². The number of fused-ring (bicyclic) bond motifs is 2. The molecule has 31 heavy (non-hydrogen) atoms. The highest BCUT2D eigenvalue weighted by Gasteiger charge is 2.46. The molecule has 1 saturated carbocycles. The first kappa shape index (κ1) is 20.0. The molecular formula is C22H23F2N3O4. The number of hydrogen-bond acceptors (Lipinski definition) is 5. The van der Waals surface area contributed by atoms with Gasteiger partial charge in [-0.3, -0.25) is 4.79 Å². The van der Waals surface area contributed by atoms with Gasteiger partial charge in [0.15, 0.2) is 11.6 Å². The van der Waals surface area contributed by atoms with Crippen molar-refractivity contribution in [3.8, 4) is 5.75 Å². The van der Waals surface area contributed by atoms with Gasteiger partial charge >= 0.3 is 5.97 Å². The number of allylic oxidation sites excluding steroid dienone is 1. The molecule has 7 nitrogen and oxygen atoms in total. The van der Waals surface area contributed by atoms with E-state index >= 15 is 4.39 Å². The van der Waals surface area contributed by atoms with E-state index in [2.05, 4.69) is 6.08 Å². The summed E-state index contributed by atoms with van der Waals surface area (Å²) >= 11 is 0. The smallest absolute Gasteiger partial charge is 0.341 e. The van der Waals surface area contributed by atoms with Crippen LogP contribution in [0.2, 0.25) is 0 Å². The number of nitrogens with zero attached hydrogens (tertiary/aromatic N) is 2. The Labute approximate surface area is 176 Å². The molecule has 1 saturated heterocycles. The third-order valence-corrected chi connectivity index (χ3v) is 6.81. The van der Waals surface area contributed by atoms with Crippen LogP contribution in [0.15, 0.2) is 29.2 Å². The minimum atomic E-state index is -1.44. The second-order valence-corrected chi connectivity index (χ2v) is 8.76. The number of nitrogens with two attached hydrogens (primary N) is 1. The van der Waals surface area contributed by atoms with Gasteiger partial charge in [0.2, 0.25) is 5.43 Å². The Morgan fingerprint density at radius 1 is 1.39 bits per heavy atom. The summed E-state index contributed by atoms with van der Waals surface area (Å²) in [4.78, 5) is 26.2. The van der Waals surface area contributed by atoms with Crippen molar-refractivity contribution in [2.45, 2.75) is 37.0 Å². The Balaban J connectivity index is 1.74. The molecule has 3 unspecified atom stereocenters. The van der Waals surface area contributed by atoms with E-state index in [1.807, 2.05) is 11.0 Å². The van der Waals surface area contributed by atoms with Gasteiger partial charge in [0.05, 0.1) is 24.1 Å². The van der Waals surface area contributed by atoms with Gasteiger partial charge in [-0.05, 0) is 24.8 Å². The highest BCUT2D eigenvalue weighted by atomic mass is 19.1. The van der Waals surface area contributed by atoms with Crippen LogP contribution in [0.3, 0.4) is 0 Å². The van der Waals surface area contributed by atoms with E-state index in [-0.39, 0.29) is 34.7 Å². The van der Waals surface area contributed by atoms with Crippen LogP contribution >= 0.6 is 0 Å². The number of ether oxygens (including phenoxy) is 1. The van der Waals surface area contributed by atoms with Crippen LogP contribution in [0.1, 0.15) is 35.7 Å². The summed E-state index contributed by atoms with van der Waals surface area (Å²) in [5.41, 5.74) is 5.13. The van der Waals surface area contributed by atoms with Crippen molar-refractivity contribution in [2.24, 2.45) is 11.7 Å². The number of alkyl halides is 1. The molecule has 3 aliphatic rings. The predicted molar refractivity (Wildman–Crippen MR) is 111 cm³/mol. The second kappa shape index (κ2) is 6.78. The highest BCUT2D eigenvalue weighted by molar-refractivity contribution is 5.97. The van der Waals surface area contributed by atoms with Gasteiger partial charge in [0, 0.05) is 31.2 Å². The van der Waals surface area contributed by atoms with Crippen molar-refractivity contribution in [1.82, 2.24) is 4.57 Å². The SMILES string of the molecule is COc1c(N2CC3CC=CC[C@@]3(N)C2)c(F)cc2c(=O)c(C(=O)O)cn(C3CC3F)c12. The number of benzene rings is 1. The maximum atomic E-state index is 15.4. The summed E-state index contributed by atoms with van der Waals surface area (Å²) in [6, 6.07) is 0.414. The van der Waals surface area contributed by atoms with Crippen LogP contribution in [0.4, 0.5) is 14.5 Å². The van der Waals surface area contributed by atoms with Crippen molar-refractivity contribution in [3.63, 3.8) is 0 Å². The summed E-state index contributed by atoms with van der Waals surface area (Å²) in [7, 11) is 1.36. The lowest BCUT2D eigenvalue weighted by Gasteiger charge is -2.31. The second-order valence-electron chi connectivity index (χ2n) is 8.76. The number of carbonyl (C=O) groups is 1.